The molecule has 0 aliphatic heterocycles. The summed E-state index contributed by atoms with van der Waals surface area (Å²) in [5, 5.41) is 12.1. The molecule has 0 radical (unpaired) electrons. The van der Waals surface area contributed by atoms with E-state index in [0.717, 1.165) is 17.5 Å². The molecule has 130 valence electrons. The van der Waals surface area contributed by atoms with E-state index in [1.807, 2.05) is 43.3 Å². The summed E-state index contributed by atoms with van der Waals surface area (Å²) in [5.41, 5.74) is 1.25. The van der Waals surface area contributed by atoms with Gasteiger partial charge in [-0.15, -0.1) is 0 Å². The Hall–Kier alpha value is -2.82. The van der Waals surface area contributed by atoms with Crippen LogP contribution in [-0.2, 0) is 16.2 Å². The standard InChI is InChI=1S/C20H21NO4/c1-14-12-16(25-13-15-6-3-2-4-7-15)8-9-17(14)21-18(22)20(19(23)24)10-5-11-20/h2-4,6-9,12H,5,10-11,13H2,1H3,(H,21,22)(H,23,24). The maximum Gasteiger partial charge on any atom is 0.319 e. The van der Waals surface area contributed by atoms with Crippen LogP contribution in [0.3, 0.4) is 0 Å². The highest BCUT2D eigenvalue weighted by Gasteiger charge is 2.51. The van der Waals surface area contributed by atoms with Gasteiger partial charge >= 0.3 is 5.97 Å². The summed E-state index contributed by atoms with van der Waals surface area (Å²) in [7, 11) is 0. The molecule has 0 spiro atoms. The SMILES string of the molecule is Cc1cc(OCc2ccccc2)ccc1NC(=O)C1(C(=O)O)CCC1. The number of nitrogens with one attached hydrogen (secondary N) is 1. The van der Waals surface area contributed by atoms with Crippen molar-refractivity contribution in [2.45, 2.75) is 32.8 Å². The summed E-state index contributed by atoms with van der Waals surface area (Å²) in [6.07, 6.45) is 1.56. The Balaban J connectivity index is 1.66. The van der Waals surface area contributed by atoms with Gasteiger partial charge in [0, 0.05) is 5.69 Å². The molecular weight excluding hydrogens is 318 g/mol. The summed E-state index contributed by atoms with van der Waals surface area (Å²) in [5.74, 6) is -0.778. The number of amides is 1. The zero-order chi connectivity index (χ0) is 17.9. The lowest BCUT2D eigenvalue weighted by Gasteiger charge is -2.35. The molecule has 0 heterocycles. The third-order valence-corrected chi connectivity index (χ3v) is 4.75. The number of benzene rings is 2. The number of ether oxygens (including phenoxy) is 1. The van der Waals surface area contributed by atoms with Gasteiger partial charge in [0.25, 0.3) is 0 Å². The lowest BCUT2D eigenvalue weighted by Crippen LogP contribution is -2.48. The fourth-order valence-corrected chi connectivity index (χ4v) is 2.92. The third kappa shape index (κ3) is 3.50. The van der Waals surface area contributed by atoms with E-state index in [4.69, 9.17) is 4.74 Å². The van der Waals surface area contributed by atoms with Crippen molar-refractivity contribution in [3.8, 4) is 5.75 Å². The van der Waals surface area contributed by atoms with Crippen LogP contribution in [0.1, 0.15) is 30.4 Å². The third-order valence-electron chi connectivity index (χ3n) is 4.75. The summed E-state index contributed by atoms with van der Waals surface area (Å²) in [4.78, 5) is 23.8. The largest absolute Gasteiger partial charge is 0.489 e. The van der Waals surface area contributed by atoms with Gasteiger partial charge in [0.2, 0.25) is 5.91 Å². The molecule has 2 aromatic carbocycles. The fraction of sp³-hybridized carbons (Fsp3) is 0.300. The number of hydrogen-bond donors (Lipinski definition) is 2. The van der Waals surface area contributed by atoms with Crippen molar-refractivity contribution in [1.29, 1.82) is 0 Å². The van der Waals surface area contributed by atoms with Crippen molar-refractivity contribution in [3.05, 3.63) is 59.7 Å². The quantitative estimate of drug-likeness (QED) is 0.786. The van der Waals surface area contributed by atoms with E-state index in [0.29, 0.717) is 30.9 Å². The van der Waals surface area contributed by atoms with Crippen LogP contribution < -0.4 is 10.1 Å². The van der Waals surface area contributed by atoms with Crippen LogP contribution in [0.5, 0.6) is 5.75 Å². The van der Waals surface area contributed by atoms with E-state index in [2.05, 4.69) is 5.32 Å². The van der Waals surface area contributed by atoms with Gasteiger partial charge in [-0.3, -0.25) is 9.59 Å². The molecule has 1 aliphatic carbocycles. The number of anilines is 1. The van der Waals surface area contributed by atoms with Crippen LogP contribution in [-0.4, -0.2) is 17.0 Å². The minimum atomic E-state index is -1.27. The zero-order valence-electron chi connectivity index (χ0n) is 14.1. The molecule has 1 amide bonds. The molecule has 3 rings (SSSR count). The van der Waals surface area contributed by atoms with Crippen molar-refractivity contribution < 1.29 is 19.4 Å². The van der Waals surface area contributed by atoms with Crippen molar-refractivity contribution in [2.24, 2.45) is 5.41 Å². The predicted molar refractivity (Wildman–Crippen MR) is 94.5 cm³/mol. The van der Waals surface area contributed by atoms with Gasteiger partial charge in [-0.05, 0) is 49.1 Å². The number of carboxylic acids is 1. The Morgan fingerprint density at radius 2 is 1.88 bits per heavy atom. The number of rotatable bonds is 6. The van der Waals surface area contributed by atoms with Gasteiger partial charge in [-0.25, -0.2) is 0 Å². The number of carboxylic acid groups (broad SMARTS) is 1. The molecule has 0 aromatic heterocycles. The van der Waals surface area contributed by atoms with E-state index >= 15 is 0 Å². The summed E-state index contributed by atoms with van der Waals surface area (Å²) < 4.78 is 5.76. The van der Waals surface area contributed by atoms with E-state index in [-0.39, 0.29) is 0 Å². The normalized spacial score (nSPS) is 15.1. The molecule has 1 aliphatic rings. The topological polar surface area (TPSA) is 75.6 Å². The number of carbonyl (C=O) groups excluding carboxylic acids is 1. The Morgan fingerprint density at radius 1 is 1.16 bits per heavy atom. The molecule has 0 bridgehead atoms. The Bertz CT molecular complexity index is 782. The first kappa shape index (κ1) is 17.0. The van der Waals surface area contributed by atoms with Gasteiger partial charge in [0.1, 0.15) is 17.8 Å². The first-order valence-electron chi connectivity index (χ1n) is 8.33. The highest BCUT2D eigenvalue weighted by atomic mass is 16.5. The molecule has 5 nitrogen and oxygen atoms in total. The maximum atomic E-state index is 12.4. The Kier molecular flexibility index (Phi) is 4.74. The molecule has 0 saturated heterocycles. The smallest absolute Gasteiger partial charge is 0.319 e. The lowest BCUT2D eigenvalue weighted by molar-refractivity contribution is -0.159. The second-order valence-corrected chi connectivity index (χ2v) is 6.45. The van der Waals surface area contributed by atoms with E-state index in [1.54, 1.807) is 12.1 Å². The average molecular weight is 339 g/mol. The summed E-state index contributed by atoms with van der Waals surface area (Å²) >= 11 is 0. The molecular formula is C20H21NO4. The second-order valence-electron chi connectivity index (χ2n) is 6.45. The van der Waals surface area contributed by atoms with E-state index < -0.39 is 17.3 Å². The highest BCUT2D eigenvalue weighted by molar-refractivity contribution is 6.09. The first-order valence-corrected chi connectivity index (χ1v) is 8.33. The summed E-state index contributed by atoms with van der Waals surface area (Å²) in [6, 6.07) is 15.2. The molecule has 25 heavy (non-hydrogen) atoms. The van der Waals surface area contributed by atoms with E-state index in [1.165, 1.54) is 0 Å². The van der Waals surface area contributed by atoms with Crippen LogP contribution in [0.15, 0.2) is 48.5 Å². The predicted octanol–water partition coefficient (Wildman–Crippen LogP) is 3.77. The molecule has 2 N–H and O–H groups in total. The number of aryl methyl sites for hydroxylation is 1. The van der Waals surface area contributed by atoms with Gasteiger partial charge in [-0.1, -0.05) is 36.8 Å². The minimum absolute atomic E-state index is 0.394. The average Bonchev–Trinajstić information content (AvgIpc) is 2.55. The van der Waals surface area contributed by atoms with Crippen LogP contribution in [0.2, 0.25) is 0 Å². The fourth-order valence-electron chi connectivity index (χ4n) is 2.92. The zero-order valence-corrected chi connectivity index (χ0v) is 14.1. The van der Waals surface area contributed by atoms with Gasteiger partial charge in [-0.2, -0.15) is 0 Å². The molecule has 1 saturated carbocycles. The maximum absolute atomic E-state index is 12.4. The minimum Gasteiger partial charge on any atom is -0.489 e. The van der Waals surface area contributed by atoms with Crippen LogP contribution >= 0.6 is 0 Å². The van der Waals surface area contributed by atoms with Crippen molar-refractivity contribution in [3.63, 3.8) is 0 Å². The highest BCUT2D eigenvalue weighted by Crippen LogP contribution is 2.42. The summed E-state index contributed by atoms with van der Waals surface area (Å²) in [6.45, 7) is 2.33. The number of carbonyl (C=O) groups is 2. The molecule has 0 atom stereocenters. The first-order chi connectivity index (χ1) is 12.0. The Labute approximate surface area is 146 Å². The monoisotopic (exact) mass is 339 g/mol. The molecule has 0 unspecified atom stereocenters. The van der Waals surface area contributed by atoms with Crippen molar-refractivity contribution >= 4 is 17.6 Å². The van der Waals surface area contributed by atoms with Gasteiger partial charge in [0.15, 0.2) is 0 Å². The lowest BCUT2D eigenvalue weighted by atomic mass is 9.68. The van der Waals surface area contributed by atoms with Crippen molar-refractivity contribution in [1.82, 2.24) is 0 Å². The van der Waals surface area contributed by atoms with Gasteiger partial charge in [0.05, 0.1) is 0 Å². The van der Waals surface area contributed by atoms with Crippen LogP contribution in [0.4, 0.5) is 5.69 Å². The molecule has 2 aromatic rings. The number of hydrogen-bond acceptors (Lipinski definition) is 3. The van der Waals surface area contributed by atoms with E-state index in [9.17, 15) is 14.7 Å². The Morgan fingerprint density at radius 3 is 2.44 bits per heavy atom. The van der Waals surface area contributed by atoms with Crippen LogP contribution in [0, 0.1) is 12.3 Å². The van der Waals surface area contributed by atoms with Gasteiger partial charge < -0.3 is 15.2 Å². The second kappa shape index (κ2) is 6.97. The molecule has 5 heteroatoms. The van der Waals surface area contributed by atoms with Crippen LogP contribution in [0.25, 0.3) is 0 Å². The number of aliphatic carboxylic acids is 1. The van der Waals surface area contributed by atoms with Crippen molar-refractivity contribution in [2.75, 3.05) is 5.32 Å². The molecule has 1 fully saturated rings.